The van der Waals surface area contributed by atoms with Crippen molar-refractivity contribution in [2.24, 2.45) is 0 Å². The third kappa shape index (κ3) is 45.6. The largest absolute Gasteiger partial charge is 0.466 e. The molecular weight excluding hydrogens is 743 g/mol. The van der Waals surface area contributed by atoms with Crippen LogP contribution >= 0.6 is 0 Å². The summed E-state index contributed by atoms with van der Waals surface area (Å²) in [4.78, 5) is 24.4. The van der Waals surface area contributed by atoms with Gasteiger partial charge in [0.1, 0.15) is 0 Å². The standard InChI is InChI=1S/C54H101NO5/c1-3-5-7-9-11-13-15-16-17-22-25-28-32-36-40-44-48-54(59)60-49-45-41-37-33-29-26-23-20-18-19-21-24-27-31-35-39-43-47-53(58)55-51(50-56)52(57)46-42-38-34-30-14-12-10-8-6-4-2/h18,20,26,29,42,46,51-52,56-57H,3-17,19,21-25,27-28,30-41,43-45,47-50H2,1-2H3,(H,55,58)/b20-18-,29-26-,46-42+. The van der Waals surface area contributed by atoms with Gasteiger partial charge in [-0.2, -0.15) is 0 Å². The molecule has 0 saturated carbocycles. The molecule has 3 N–H and O–H groups in total. The lowest BCUT2D eigenvalue weighted by Crippen LogP contribution is -2.45. The summed E-state index contributed by atoms with van der Waals surface area (Å²) < 4.78 is 5.45. The van der Waals surface area contributed by atoms with Crippen LogP contribution in [0.1, 0.15) is 271 Å². The van der Waals surface area contributed by atoms with Crippen LogP contribution in [0.2, 0.25) is 0 Å². The van der Waals surface area contributed by atoms with Gasteiger partial charge in [0.2, 0.25) is 5.91 Å². The highest BCUT2D eigenvalue weighted by Gasteiger charge is 2.18. The molecule has 0 rings (SSSR count). The number of nitrogens with one attached hydrogen (secondary N) is 1. The number of esters is 1. The van der Waals surface area contributed by atoms with Crippen molar-refractivity contribution in [1.29, 1.82) is 0 Å². The summed E-state index contributed by atoms with van der Waals surface area (Å²) in [6, 6.07) is -0.638. The third-order valence-corrected chi connectivity index (χ3v) is 11.9. The fourth-order valence-corrected chi connectivity index (χ4v) is 7.84. The first-order valence-corrected chi connectivity index (χ1v) is 26.3. The topological polar surface area (TPSA) is 95.9 Å². The van der Waals surface area contributed by atoms with Crippen LogP contribution in [0.4, 0.5) is 0 Å². The van der Waals surface area contributed by atoms with Crippen LogP contribution in [-0.4, -0.2) is 47.4 Å². The van der Waals surface area contributed by atoms with Crippen LogP contribution in [0.5, 0.6) is 0 Å². The molecule has 1 amide bonds. The SMILES string of the molecule is CCCCCCCCCC/C=C/C(O)C(CO)NC(=O)CCCCCCCCC/C=C\C/C=C\CCCCCOC(=O)CCCCCCCCCCCCCCCCCC. The molecular formula is C54H101NO5. The number of carbonyl (C=O) groups excluding carboxylic acids is 2. The van der Waals surface area contributed by atoms with Crippen LogP contribution in [0.3, 0.4) is 0 Å². The van der Waals surface area contributed by atoms with Gasteiger partial charge in [-0.25, -0.2) is 0 Å². The lowest BCUT2D eigenvalue weighted by Gasteiger charge is -2.20. The smallest absolute Gasteiger partial charge is 0.305 e. The van der Waals surface area contributed by atoms with Crippen molar-refractivity contribution in [3.63, 3.8) is 0 Å². The zero-order valence-electron chi connectivity index (χ0n) is 39.9. The molecule has 0 radical (unpaired) electrons. The van der Waals surface area contributed by atoms with Gasteiger partial charge >= 0.3 is 5.97 Å². The van der Waals surface area contributed by atoms with E-state index in [1.165, 1.54) is 161 Å². The first kappa shape index (κ1) is 58.1. The third-order valence-electron chi connectivity index (χ3n) is 11.9. The average Bonchev–Trinajstić information content (AvgIpc) is 3.25. The van der Waals surface area contributed by atoms with E-state index in [0.29, 0.717) is 19.4 Å². The first-order chi connectivity index (χ1) is 29.5. The Kier molecular flexibility index (Phi) is 48.1. The second kappa shape index (κ2) is 49.7. The minimum atomic E-state index is -0.853. The Labute approximate surface area is 373 Å². The minimum Gasteiger partial charge on any atom is -0.466 e. The van der Waals surface area contributed by atoms with E-state index in [1.807, 2.05) is 6.08 Å². The number of carbonyl (C=O) groups is 2. The van der Waals surface area contributed by atoms with Gasteiger partial charge in [-0.3, -0.25) is 9.59 Å². The van der Waals surface area contributed by atoms with Gasteiger partial charge in [-0.1, -0.05) is 224 Å². The van der Waals surface area contributed by atoms with Crippen molar-refractivity contribution in [2.45, 2.75) is 283 Å². The monoisotopic (exact) mass is 844 g/mol. The Bertz CT molecular complexity index is 977. The van der Waals surface area contributed by atoms with Crippen LogP contribution in [0, 0.1) is 0 Å². The van der Waals surface area contributed by atoms with E-state index >= 15 is 0 Å². The first-order valence-electron chi connectivity index (χ1n) is 26.3. The number of rotatable bonds is 48. The molecule has 6 nitrogen and oxygen atoms in total. The summed E-state index contributed by atoms with van der Waals surface area (Å²) in [5.74, 6) is -0.100. The summed E-state index contributed by atoms with van der Waals surface area (Å²) in [6.45, 7) is 4.84. The molecule has 0 aliphatic carbocycles. The number of allylic oxidation sites excluding steroid dienone is 5. The van der Waals surface area contributed by atoms with E-state index in [-0.39, 0.29) is 18.5 Å². The van der Waals surface area contributed by atoms with Gasteiger partial charge in [0.05, 0.1) is 25.4 Å². The van der Waals surface area contributed by atoms with Crippen molar-refractivity contribution in [3.8, 4) is 0 Å². The van der Waals surface area contributed by atoms with Gasteiger partial charge in [0, 0.05) is 12.8 Å². The molecule has 2 atom stereocenters. The van der Waals surface area contributed by atoms with E-state index in [4.69, 9.17) is 4.74 Å². The van der Waals surface area contributed by atoms with E-state index in [1.54, 1.807) is 6.08 Å². The molecule has 0 heterocycles. The number of ether oxygens (including phenoxy) is 1. The summed E-state index contributed by atoms with van der Waals surface area (Å²) in [5, 5.41) is 22.9. The molecule has 0 aromatic heterocycles. The van der Waals surface area contributed by atoms with Crippen LogP contribution in [-0.2, 0) is 14.3 Å². The number of hydrogen-bond acceptors (Lipinski definition) is 5. The quantitative estimate of drug-likeness (QED) is 0.0322. The molecule has 0 aliphatic rings. The number of aliphatic hydroxyl groups excluding tert-OH is 2. The van der Waals surface area contributed by atoms with Crippen molar-refractivity contribution in [2.75, 3.05) is 13.2 Å². The van der Waals surface area contributed by atoms with Gasteiger partial charge in [-0.05, 0) is 70.6 Å². The molecule has 0 aromatic carbocycles. The number of aliphatic hydroxyl groups is 2. The van der Waals surface area contributed by atoms with Crippen molar-refractivity contribution < 1.29 is 24.5 Å². The van der Waals surface area contributed by atoms with Crippen LogP contribution in [0.25, 0.3) is 0 Å². The van der Waals surface area contributed by atoms with Crippen molar-refractivity contribution >= 4 is 11.9 Å². The molecule has 0 fully saturated rings. The van der Waals surface area contributed by atoms with Crippen LogP contribution in [0.15, 0.2) is 36.5 Å². The lowest BCUT2D eigenvalue weighted by atomic mass is 10.0. The fraction of sp³-hybridized carbons (Fsp3) is 0.852. The average molecular weight is 844 g/mol. The predicted molar refractivity (Wildman–Crippen MR) is 259 cm³/mol. The summed E-state index contributed by atoms with van der Waals surface area (Å²) in [7, 11) is 0. The fourth-order valence-electron chi connectivity index (χ4n) is 7.84. The number of amides is 1. The molecule has 0 aliphatic heterocycles. The number of hydrogen-bond donors (Lipinski definition) is 3. The Balaban J connectivity index is 3.49. The second-order valence-electron chi connectivity index (χ2n) is 17.9. The summed E-state index contributed by atoms with van der Waals surface area (Å²) in [5.41, 5.74) is 0. The highest BCUT2D eigenvalue weighted by molar-refractivity contribution is 5.76. The lowest BCUT2D eigenvalue weighted by molar-refractivity contribution is -0.143. The maximum Gasteiger partial charge on any atom is 0.305 e. The van der Waals surface area contributed by atoms with E-state index < -0.39 is 12.1 Å². The Hall–Kier alpha value is -1.92. The molecule has 0 saturated heterocycles. The van der Waals surface area contributed by atoms with Crippen LogP contribution < -0.4 is 5.32 Å². The maximum atomic E-state index is 12.4. The van der Waals surface area contributed by atoms with Gasteiger partial charge in [0.25, 0.3) is 0 Å². The molecule has 6 heteroatoms. The second-order valence-corrected chi connectivity index (χ2v) is 17.9. The Morgan fingerprint density at radius 3 is 1.27 bits per heavy atom. The van der Waals surface area contributed by atoms with E-state index in [2.05, 4.69) is 43.5 Å². The summed E-state index contributed by atoms with van der Waals surface area (Å²) >= 11 is 0. The highest BCUT2D eigenvalue weighted by Crippen LogP contribution is 2.15. The van der Waals surface area contributed by atoms with E-state index in [9.17, 15) is 19.8 Å². The predicted octanol–water partition coefficient (Wildman–Crippen LogP) is 15.7. The molecule has 352 valence electrons. The number of unbranched alkanes of at least 4 members (excludes halogenated alkanes) is 33. The van der Waals surface area contributed by atoms with Gasteiger partial charge in [0.15, 0.2) is 0 Å². The van der Waals surface area contributed by atoms with E-state index in [0.717, 1.165) is 83.5 Å². The normalized spacial score (nSPS) is 12.9. The highest BCUT2D eigenvalue weighted by atomic mass is 16.5. The van der Waals surface area contributed by atoms with Gasteiger partial charge < -0.3 is 20.3 Å². The zero-order valence-corrected chi connectivity index (χ0v) is 39.9. The maximum absolute atomic E-state index is 12.4. The molecule has 2 unspecified atom stereocenters. The van der Waals surface area contributed by atoms with Gasteiger partial charge in [-0.15, -0.1) is 0 Å². The molecule has 60 heavy (non-hydrogen) atoms. The molecule has 0 aromatic rings. The Morgan fingerprint density at radius 1 is 0.467 bits per heavy atom. The minimum absolute atomic E-state index is 0.0138. The van der Waals surface area contributed by atoms with Crippen molar-refractivity contribution in [1.82, 2.24) is 5.32 Å². The Morgan fingerprint density at radius 2 is 0.833 bits per heavy atom. The molecule has 0 bridgehead atoms. The zero-order chi connectivity index (χ0) is 43.7. The summed E-state index contributed by atoms with van der Waals surface area (Å²) in [6.07, 6.45) is 60.1. The molecule has 0 spiro atoms. The van der Waals surface area contributed by atoms with Crippen molar-refractivity contribution in [3.05, 3.63) is 36.5 Å².